The molecule has 21 heteroatoms. The smallest absolute Gasteiger partial charge is 0.384 e. The second-order valence-electron chi connectivity index (χ2n) is 14.9. The lowest BCUT2D eigenvalue weighted by Crippen LogP contribution is -2.63. The molecular weight excluding hydrogens is 782 g/mol. The van der Waals surface area contributed by atoms with Gasteiger partial charge in [-0.25, -0.2) is 22.8 Å². The van der Waals surface area contributed by atoms with Crippen molar-refractivity contribution in [3.05, 3.63) is 41.7 Å². The number of hydrogen-bond acceptors (Lipinski definition) is 11. The summed E-state index contributed by atoms with van der Waals surface area (Å²) in [6.45, 7) is 1.10. The van der Waals surface area contributed by atoms with Crippen LogP contribution >= 0.6 is 11.8 Å². The van der Waals surface area contributed by atoms with Gasteiger partial charge in [-0.3, -0.25) is 24.0 Å². The molecular formula is C35H45F3N8O8S2. The number of nitrogens with one attached hydrogen (secondary N) is 2. The van der Waals surface area contributed by atoms with E-state index in [0.29, 0.717) is 17.2 Å². The number of carbonyl (C=O) groups is 5. The Morgan fingerprint density at radius 3 is 2.29 bits per heavy atom. The van der Waals surface area contributed by atoms with Crippen molar-refractivity contribution in [3.63, 3.8) is 0 Å². The van der Waals surface area contributed by atoms with Crippen LogP contribution in [-0.4, -0.2) is 111 Å². The lowest BCUT2D eigenvalue weighted by atomic mass is 9.85. The van der Waals surface area contributed by atoms with E-state index in [1.807, 2.05) is 0 Å². The fraction of sp³-hybridized carbons (Fsp3) is 0.600. The quantitative estimate of drug-likeness (QED) is 0.169. The molecule has 2 aromatic rings. The summed E-state index contributed by atoms with van der Waals surface area (Å²) in [6.07, 6.45) is 1.08. The second-order valence-corrected chi connectivity index (χ2v) is 17.9. The molecule has 4 amide bonds. The van der Waals surface area contributed by atoms with Gasteiger partial charge in [0.15, 0.2) is 0 Å². The molecule has 16 nitrogen and oxygen atoms in total. The van der Waals surface area contributed by atoms with Crippen molar-refractivity contribution in [3.8, 4) is 0 Å². The molecule has 0 radical (unpaired) electrons. The Morgan fingerprint density at radius 2 is 1.70 bits per heavy atom. The number of benzene rings is 1. The van der Waals surface area contributed by atoms with Crippen LogP contribution in [0.4, 0.5) is 13.2 Å². The number of sulfonamides is 1. The van der Waals surface area contributed by atoms with Gasteiger partial charge in [0.1, 0.15) is 29.4 Å². The maximum atomic E-state index is 14.7. The Bertz CT molecular complexity index is 1950. The van der Waals surface area contributed by atoms with Crippen molar-refractivity contribution in [2.45, 2.75) is 106 Å². The zero-order valence-electron chi connectivity index (χ0n) is 30.9. The lowest BCUT2D eigenvalue weighted by molar-refractivity contribution is -0.143. The van der Waals surface area contributed by atoms with E-state index in [2.05, 4.69) is 20.6 Å². The van der Waals surface area contributed by atoms with Crippen LogP contribution in [0.1, 0.15) is 93.7 Å². The highest BCUT2D eigenvalue weighted by atomic mass is 32.2. The van der Waals surface area contributed by atoms with Crippen LogP contribution in [0.2, 0.25) is 0 Å². The summed E-state index contributed by atoms with van der Waals surface area (Å²) in [6, 6.07) is 2.05. The van der Waals surface area contributed by atoms with Crippen LogP contribution in [-0.2, 0) is 34.8 Å². The standard InChI is InChI=1S/C35H45F3N8O8S2/c1-33(2,52)27-18-40-44-46(27)23-17-26(31(50)43-34(28(47)29(39)48)12-14-55-15-13-34)45(19-23)32(51)25(16-21-6-4-3-5-7-21)42-30(49)22-8-10-24(11-9-22)56(53,54)41-20-35(36,37)38/h8-11,18,21,23,26,41,52H,3-7,12-17,19-20H2,1-2H3,(H2,39,48)(H,43,50)/t23-,26-/m0/s1. The fourth-order valence-electron chi connectivity index (χ4n) is 7.33. The summed E-state index contributed by atoms with van der Waals surface area (Å²) in [5, 5.41) is 21.7. The van der Waals surface area contributed by atoms with E-state index in [4.69, 9.17) is 5.73 Å². The number of primary amides is 1. The Balaban J connectivity index is 1.50. The maximum absolute atomic E-state index is 14.7. The summed E-state index contributed by atoms with van der Waals surface area (Å²) in [5.41, 5.74) is 2.36. The van der Waals surface area contributed by atoms with Crippen LogP contribution in [0.5, 0.6) is 0 Å². The summed E-state index contributed by atoms with van der Waals surface area (Å²) >= 11 is 1.54. The van der Waals surface area contributed by atoms with Gasteiger partial charge < -0.3 is 21.1 Å². The number of thioether (sulfide) groups is 1. The third-order valence-corrected chi connectivity index (χ3v) is 12.7. The van der Waals surface area contributed by atoms with Crippen molar-refractivity contribution in [1.82, 2.24) is 29.9 Å². The number of hydrogen-bond donors (Lipinski definition) is 4. The molecule has 1 aromatic heterocycles. The van der Waals surface area contributed by atoms with Crippen molar-refractivity contribution in [2.24, 2.45) is 16.6 Å². The molecule has 2 aliphatic heterocycles. The minimum atomic E-state index is -4.79. The van der Waals surface area contributed by atoms with Crippen LogP contribution in [0.3, 0.4) is 0 Å². The van der Waals surface area contributed by atoms with Crippen molar-refractivity contribution in [2.75, 3.05) is 24.6 Å². The number of carbonyl (C=O) groups excluding carboxylic acids is 5. The Labute approximate surface area is 325 Å². The molecule has 3 fully saturated rings. The summed E-state index contributed by atoms with van der Waals surface area (Å²) in [7, 11) is -4.57. The predicted octanol–water partition coefficient (Wildman–Crippen LogP) is 2.18. The molecule has 3 aliphatic rings. The monoisotopic (exact) mass is 826 g/mol. The minimum absolute atomic E-state index is 0.0366. The van der Waals surface area contributed by atoms with E-state index in [1.165, 1.54) is 46.1 Å². The van der Waals surface area contributed by atoms with Gasteiger partial charge in [-0.15, -0.1) is 5.10 Å². The topological polar surface area (TPSA) is 236 Å². The average molecular weight is 827 g/mol. The summed E-state index contributed by atoms with van der Waals surface area (Å²) in [5.74, 6) is -3.73. The van der Waals surface area contributed by atoms with Gasteiger partial charge in [0.05, 0.1) is 22.8 Å². The molecule has 306 valence electrons. The molecule has 1 aliphatic carbocycles. The van der Waals surface area contributed by atoms with E-state index in [0.717, 1.165) is 56.4 Å². The Morgan fingerprint density at radius 1 is 1.05 bits per heavy atom. The number of likely N-dealkylation sites (tertiary alicyclic amines) is 1. The van der Waals surface area contributed by atoms with Gasteiger partial charge in [-0.05, 0) is 74.8 Å². The highest BCUT2D eigenvalue weighted by Gasteiger charge is 2.49. The van der Waals surface area contributed by atoms with E-state index < -0.39 is 80.3 Å². The first-order valence-electron chi connectivity index (χ1n) is 18.2. The first kappa shape index (κ1) is 42.9. The number of alkyl halides is 3. The van der Waals surface area contributed by atoms with Crippen LogP contribution in [0.25, 0.3) is 0 Å². The normalized spacial score (nSPS) is 21.1. The molecule has 3 heterocycles. The van der Waals surface area contributed by atoms with E-state index >= 15 is 0 Å². The number of nitrogens with two attached hydrogens (primary N) is 1. The summed E-state index contributed by atoms with van der Waals surface area (Å²) in [4.78, 5) is 72.8. The average Bonchev–Trinajstić information content (AvgIpc) is 3.83. The highest BCUT2D eigenvalue weighted by molar-refractivity contribution is 7.99. The first-order chi connectivity index (χ1) is 26.2. The largest absolute Gasteiger partial charge is 0.402 e. The first-order valence-corrected chi connectivity index (χ1v) is 20.8. The Kier molecular flexibility index (Phi) is 13.1. The van der Waals surface area contributed by atoms with Crippen molar-refractivity contribution >= 4 is 56.9 Å². The number of aliphatic imine (C=N–C) groups is 1. The number of nitrogens with zero attached hydrogens (tertiary/aromatic N) is 5. The van der Waals surface area contributed by atoms with Gasteiger partial charge in [0.2, 0.25) is 21.7 Å². The maximum Gasteiger partial charge on any atom is 0.402 e. The zero-order chi connectivity index (χ0) is 41.1. The molecule has 56 heavy (non-hydrogen) atoms. The molecule has 5 N–H and O–H groups in total. The van der Waals surface area contributed by atoms with Gasteiger partial charge in [-0.2, -0.15) is 24.9 Å². The second kappa shape index (κ2) is 17.1. The van der Waals surface area contributed by atoms with Crippen LogP contribution in [0, 0.1) is 5.92 Å². The highest BCUT2D eigenvalue weighted by Crippen LogP contribution is 2.35. The number of aliphatic hydroxyl groups is 1. The van der Waals surface area contributed by atoms with Crippen molar-refractivity contribution in [1.29, 1.82) is 0 Å². The number of aromatic nitrogens is 3. The fourth-order valence-corrected chi connectivity index (χ4v) is 9.54. The molecule has 5 rings (SSSR count). The van der Waals surface area contributed by atoms with E-state index in [9.17, 15) is 50.7 Å². The van der Waals surface area contributed by atoms with Gasteiger partial charge in [0.25, 0.3) is 17.7 Å². The van der Waals surface area contributed by atoms with Crippen LogP contribution in [0.15, 0.2) is 40.4 Å². The number of Topliss-reactive ketones (excluding diaryl/α,β-unsaturated/α-hetero) is 1. The number of halogens is 3. The molecule has 2 saturated heterocycles. The SMILES string of the molecule is CC(C)(O)c1cnnn1[C@H]1C[C@@H](C(=O)NC2(C(=O)C(N)=O)CCSCC2)N(C(=O)C(CC2CCCCC2)=NC(=O)c2ccc(S(=O)(=O)NCC(F)(F)F)cc2)C1. The molecule has 1 saturated carbocycles. The Hall–Kier alpha value is -4.21. The van der Waals surface area contributed by atoms with Crippen molar-refractivity contribution < 1.29 is 50.7 Å². The van der Waals surface area contributed by atoms with Gasteiger partial charge >= 0.3 is 6.18 Å². The predicted molar refractivity (Wildman–Crippen MR) is 197 cm³/mol. The van der Waals surface area contributed by atoms with Gasteiger partial charge in [-0.1, -0.05) is 37.3 Å². The molecule has 0 spiro atoms. The lowest BCUT2D eigenvalue weighted by Gasteiger charge is -2.37. The summed E-state index contributed by atoms with van der Waals surface area (Å²) < 4.78 is 65.7. The third-order valence-electron chi connectivity index (χ3n) is 10.3. The molecule has 2 atom stereocenters. The zero-order valence-corrected chi connectivity index (χ0v) is 32.5. The number of amides is 4. The molecule has 0 bridgehead atoms. The van der Waals surface area contributed by atoms with Gasteiger partial charge in [0, 0.05) is 18.5 Å². The van der Waals surface area contributed by atoms with E-state index in [1.54, 1.807) is 0 Å². The minimum Gasteiger partial charge on any atom is -0.384 e. The third kappa shape index (κ3) is 10.2. The van der Waals surface area contributed by atoms with Crippen LogP contribution < -0.4 is 15.8 Å². The number of ketones is 1. The number of rotatable bonds is 13. The van der Waals surface area contributed by atoms with E-state index in [-0.39, 0.29) is 49.4 Å². The molecule has 1 aromatic carbocycles. The molecule has 0 unspecified atom stereocenters.